The van der Waals surface area contributed by atoms with E-state index in [4.69, 9.17) is 14.0 Å². The second-order valence-electron chi connectivity index (χ2n) is 11.2. The topological polar surface area (TPSA) is 139 Å². The van der Waals surface area contributed by atoms with Crippen molar-refractivity contribution in [3.63, 3.8) is 0 Å². The quantitative estimate of drug-likeness (QED) is 0.204. The van der Waals surface area contributed by atoms with E-state index in [1.807, 2.05) is 36.4 Å². The van der Waals surface area contributed by atoms with E-state index in [-0.39, 0.29) is 5.96 Å². The number of rotatable bonds is 5. The molecule has 1 aromatic heterocycles. The molecule has 1 aliphatic heterocycles. The number of ether oxygens (including phenoxy) is 2. The maximum absolute atomic E-state index is 12.4. The Kier molecular flexibility index (Phi) is 8.10. The second kappa shape index (κ2) is 11.9. The van der Waals surface area contributed by atoms with Crippen LogP contribution in [-0.4, -0.2) is 50.4 Å². The van der Waals surface area contributed by atoms with Gasteiger partial charge in [-0.15, -0.1) is 4.99 Å². The zero-order valence-electron chi connectivity index (χ0n) is 24.0. The average molecular weight is 572 g/mol. The van der Waals surface area contributed by atoms with Gasteiger partial charge >= 0.3 is 12.2 Å². The summed E-state index contributed by atoms with van der Waals surface area (Å²) in [5.41, 5.74) is 2.30. The summed E-state index contributed by atoms with van der Waals surface area (Å²) in [5.74, 6) is 1.32. The Morgan fingerprint density at radius 1 is 1.10 bits per heavy atom. The van der Waals surface area contributed by atoms with Crippen molar-refractivity contribution >= 4 is 28.9 Å². The number of nitrogens with one attached hydrogen (secondary N) is 1. The molecule has 1 fully saturated rings. The number of likely N-dealkylation sites (tertiary alicyclic amines) is 1. The molecular weight excluding hydrogens is 538 g/mol. The molecule has 0 radical (unpaired) electrons. The standard InChI is InChI=1S/C31H33N5O6/c1-19-7-9-20(10-8-19)18-40-24-14-13-21-16-23(12-11-22(21)17-24)26-32-27(42-35-26)25-6-5-15-36(25)28(33-29(37)38)34-30(39)41-31(2,3)4/h7-14,16-17,25H,5-6,15,18H2,1-4H3,(H,37,38)(H,33,34,39). The summed E-state index contributed by atoms with van der Waals surface area (Å²) in [6, 6.07) is 19.6. The van der Waals surface area contributed by atoms with Crippen molar-refractivity contribution in [1.29, 1.82) is 0 Å². The number of amides is 2. The number of nitrogens with zero attached hydrogens (tertiary/aromatic N) is 4. The molecule has 4 aromatic rings. The van der Waals surface area contributed by atoms with Crippen LogP contribution in [-0.2, 0) is 11.3 Å². The van der Waals surface area contributed by atoms with Crippen LogP contribution in [0.3, 0.4) is 0 Å². The first kappa shape index (κ1) is 28.6. The van der Waals surface area contributed by atoms with Gasteiger partial charge in [0.2, 0.25) is 17.7 Å². The Balaban J connectivity index is 1.32. The first-order valence-corrected chi connectivity index (χ1v) is 13.7. The summed E-state index contributed by atoms with van der Waals surface area (Å²) in [7, 11) is 0. The number of aryl methyl sites for hydroxylation is 1. The lowest BCUT2D eigenvalue weighted by atomic mass is 10.1. The molecule has 0 bridgehead atoms. The summed E-state index contributed by atoms with van der Waals surface area (Å²) in [6.07, 6.45) is -0.933. The van der Waals surface area contributed by atoms with Crippen LogP contribution < -0.4 is 10.1 Å². The van der Waals surface area contributed by atoms with Crippen molar-refractivity contribution in [3.8, 4) is 17.1 Å². The summed E-state index contributed by atoms with van der Waals surface area (Å²) >= 11 is 0. The van der Waals surface area contributed by atoms with Crippen molar-refractivity contribution < 1.29 is 28.7 Å². The van der Waals surface area contributed by atoms with Gasteiger partial charge in [-0.05, 0) is 75.1 Å². The minimum absolute atomic E-state index is 0.148. The number of carbonyl (C=O) groups is 2. The molecule has 3 aromatic carbocycles. The van der Waals surface area contributed by atoms with Crippen LogP contribution in [0, 0.1) is 6.92 Å². The van der Waals surface area contributed by atoms with Gasteiger partial charge in [0, 0.05) is 12.1 Å². The molecule has 1 unspecified atom stereocenters. The Hall–Kier alpha value is -4.93. The SMILES string of the molecule is Cc1ccc(COc2ccc3cc(-c4noc(C5CCCN5C(=NC(=O)OC(C)(C)C)NC(=O)O)n4)ccc3c2)cc1. The summed E-state index contributed by atoms with van der Waals surface area (Å²) in [5, 5.41) is 17.8. The Labute approximate surface area is 243 Å². The van der Waals surface area contributed by atoms with Crippen molar-refractivity contribution in [2.45, 2.75) is 58.8 Å². The lowest BCUT2D eigenvalue weighted by Crippen LogP contribution is -2.44. The molecule has 2 heterocycles. The summed E-state index contributed by atoms with van der Waals surface area (Å²) in [6.45, 7) is 8.09. The fourth-order valence-corrected chi connectivity index (χ4v) is 4.70. The van der Waals surface area contributed by atoms with Gasteiger partial charge in [0.1, 0.15) is 24.0 Å². The number of aliphatic imine (C=N–C) groups is 1. The number of carbonyl (C=O) groups excluding carboxylic acids is 1. The van der Waals surface area contributed by atoms with Gasteiger partial charge < -0.3 is 24.0 Å². The van der Waals surface area contributed by atoms with Gasteiger partial charge in [0.15, 0.2) is 0 Å². The lowest BCUT2D eigenvalue weighted by Gasteiger charge is -2.25. The Bertz CT molecular complexity index is 1620. The Morgan fingerprint density at radius 2 is 1.83 bits per heavy atom. The number of carboxylic acid groups (broad SMARTS) is 1. The van der Waals surface area contributed by atoms with Gasteiger partial charge in [-0.2, -0.15) is 4.98 Å². The Morgan fingerprint density at radius 3 is 2.57 bits per heavy atom. The molecule has 218 valence electrons. The van der Waals surface area contributed by atoms with Crippen LogP contribution in [0.15, 0.2) is 70.2 Å². The number of hydrogen-bond donors (Lipinski definition) is 2. The van der Waals surface area contributed by atoms with E-state index in [9.17, 15) is 14.7 Å². The van der Waals surface area contributed by atoms with Crippen LogP contribution in [0.4, 0.5) is 9.59 Å². The van der Waals surface area contributed by atoms with Crippen molar-refractivity contribution in [1.82, 2.24) is 20.4 Å². The molecule has 0 aliphatic carbocycles. The molecule has 0 saturated carbocycles. The summed E-state index contributed by atoms with van der Waals surface area (Å²) in [4.78, 5) is 34.0. The number of benzene rings is 3. The normalized spacial score (nSPS) is 15.6. The first-order chi connectivity index (χ1) is 20.0. The van der Waals surface area contributed by atoms with E-state index >= 15 is 0 Å². The highest BCUT2D eigenvalue weighted by atomic mass is 16.6. The van der Waals surface area contributed by atoms with E-state index < -0.39 is 23.8 Å². The predicted octanol–water partition coefficient (Wildman–Crippen LogP) is 6.47. The number of fused-ring (bicyclic) bond motifs is 1. The van der Waals surface area contributed by atoms with Crippen LogP contribution >= 0.6 is 0 Å². The largest absolute Gasteiger partial charge is 0.489 e. The molecule has 11 nitrogen and oxygen atoms in total. The minimum atomic E-state index is -1.35. The zero-order chi connectivity index (χ0) is 29.9. The third-order valence-corrected chi connectivity index (χ3v) is 6.66. The third-order valence-electron chi connectivity index (χ3n) is 6.66. The van der Waals surface area contributed by atoms with E-state index in [2.05, 4.69) is 51.6 Å². The number of guanidine groups is 1. The predicted molar refractivity (Wildman–Crippen MR) is 156 cm³/mol. The lowest BCUT2D eigenvalue weighted by molar-refractivity contribution is 0.0600. The van der Waals surface area contributed by atoms with E-state index in [1.165, 1.54) is 5.56 Å². The first-order valence-electron chi connectivity index (χ1n) is 13.7. The maximum Gasteiger partial charge on any atom is 0.437 e. The molecule has 0 spiro atoms. The molecule has 2 N–H and O–H groups in total. The molecule has 1 saturated heterocycles. The summed E-state index contributed by atoms with van der Waals surface area (Å²) < 4.78 is 16.9. The fraction of sp³-hybridized carbons (Fsp3) is 0.323. The number of hydrogen-bond acceptors (Lipinski definition) is 7. The van der Waals surface area contributed by atoms with E-state index in [1.54, 1.807) is 25.7 Å². The molecule has 1 aliphatic rings. The van der Waals surface area contributed by atoms with Gasteiger partial charge in [0.05, 0.1) is 0 Å². The van der Waals surface area contributed by atoms with Gasteiger partial charge in [0.25, 0.3) is 0 Å². The van der Waals surface area contributed by atoms with Crippen molar-refractivity contribution in [2.24, 2.45) is 4.99 Å². The van der Waals surface area contributed by atoms with Gasteiger partial charge in [-0.3, -0.25) is 5.32 Å². The molecule has 42 heavy (non-hydrogen) atoms. The molecule has 5 rings (SSSR count). The third kappa shape index (κ3) is 7.03. The molecule has 1 atom stereocenters. The van der Waals surface area contributed by atoms with Crippen molar-refractivity contribution in [2.75, 3.05) is 6.54 Å². The highest BCUT2D eigenvalue weighted by Gasteiger charge is 2.35. The minimum Gasteiger partial charge on any atom is -0.489 e. The van der Waals surface area contributed by atoms with Gasteiger partial charge in [-0.1, -0.05) is 53.2 Å². The maximum atomic E-state index is 12.4. The van der Waals surface area contributed by atoms with E-state index in [0.717, 1.165) is 27.6 Å². The van der Waals surface area contributed by atoms with Crippen LogP contribution in [0.1, 0.15) is 56.7 Å². The molecule has 11 heteroatoms. The highest BCUT2D eigenvalue weighted by Crippen LogP contribution is 2.33. The average Bonchev–Trinajstić information content (AvgIpc) is 3.61. The van der Waals surface area contributed by atoms with Gasteiger partial charge in [-0.25, -0.2) is 9.59 Å². The monoisotopic (exact) mass is 571 g/mol. The zero-order valence-corrected chi connectivity index (χ0v) is 24.0. The van der Waals surface area contributed by atoms with Crippen LogP contribution in [0.2, 0.25) is 0 Å². The smallest absolute Gasteiger partial charge is 0.437 e. The number of aromatic nitrogens is 2. The van der Waals surface area contributed by atoms with E-state index in [0.29, 0.717) is 37.7 Å². The second-order valence-corrected chi connectivity index (χ2v) is 11.2. The molecular formula is C31H33N5O6. The fourth-order valence-electron chi connectivity index (χ4n) is 4.70. The molecule has 2 amide bonds. The van der Waals surface area contributed by atoms with Crippen LogP contribution in [0.25, 0.3) is 22.2 Å². The van der Waals surface area contributed by atoms with Crippen molar-refractivity contribution in [3.05, 3.63) is 77.7 Å². The van der Waals surface area contributed by atoms with Crippen LogP contribution in [0.5, 0.6) is 5.75 Å². The highest BCUT2D eigenvalue weighted by molar-refractivity contribution is 5.98.